The van der Waals surface area contributed by atoms with Crippen molar-refractivity contribution in [2.24, 2.45) is 5.92 Å². The molecule has 0 bridgehead atoms. The van der Waals surface area contributed by atoms with Crippen molar-refractivity contribution in [1.82, 2.24) is 0 Å². The van der Waals surface area contributed by atoms with Crippen molar-refractivity contribution in [2.75, 3.05) is 0 Å². The van der Waals surface area contributed by atoms with Crippen LogP contribution in [-0.2, 0) is 9.53 Å². The molecule has 0 aromatic carbocycles. The third-order valence-electron chi connectivity index (χ3n) is 2.85. The third kappa shape index (κ3) is 1.50. The number of aliphatic hydroxyl groups excluding tert-OH is 2. The molecule has 1 aliphatic heterocycles. The molecule has 0 saturated carbocycles. The molecule has 1 saturated heterocycles. The Balaban J connectivity index is 2.30. The van der Waals surface area contributed by atoms with E-state index in [1.807, 2.05) is 6.92 Å². The second-order valence-corrected chi connectivity index (χ2v) is 4.10. The number of hydrogen-bond acceptors (Lipinski definition) is 4. The molecule has 3 unspecified atom stereocenters. The molecule has 0 radical (unpaired) electrons. The highest BCUT2D eigenvalue weighted by molar-refractivity contribution is 5.90. The first-order valence-electron chi connectivity index (χ1n) is 4.89. The van der Waals surface area contributed by atoms with Gasteiger partial charge in [0.25, 0.3) is 0 Å². The molecule has 0 aromatic rings. The zero-order valence-corrected chi connectivity index (χ0v) is 8.06. The van der Waals surface area contributed by atoms with Crippen LogP contribution in [0.5, 0.6) is 0 Å². The molecule has 2 aliphatic rings. The molecule has 0 amide bonds. The Bertz CT molecular complexity index is 294. The van der Waals surface area contributed by atoms with E-state index < -0.39 is 12.1 Å². The Labute approximate surface area is 82.2 Å². The van der Waals surface area contributed by atoms with Gasteiger partial charge in [0.1, 0.15) is 5.76 Å². The lowest BCUT2D eigenvalue weighted by Crippen LogP contribution is -2.36. The molecule has 2 N–H and O–H groups in total. The smallest absolute Gasteiger partial charge is 0.337 e. The third-order valence-corrected chi connectivity index (χ3v) is 2.85. The molecule has 1 aliphatic carbocycles. The van der Waals surface area contributed by atoms with Crippen molar-refractivity contribution in [3.8, 4) is 0 Å². The first-order chi connectivity index (χ1) is 6.58. The number of carbonyl (C=O) groups is 1. The van der Waals surface area contributed by atoms with Gasteiger partial charge in [-0.15, -0.1) is 0 Å². The van der Waals surface area contributed by atoms with E-state index in [1.165, 1.54) is 0 Å². The minimum absolute atomic E-state index is 0.00523. The van der Waals surface area contributed by atoms with Gasteiger partial charge in [-0.05, 0) is 19.8 Å². The summed E-state index contributed by atoms with van der Waals surface area (Å²) in [5.74, 6) is -0.446. The summed E-state index contributed by atoms with van der Waals surface area (Å²) in [4.78, 5) is 11.4. The van der Waals surface area contributed by atoms with Gasteiger partial charge in [-0.3, -0.25) is 0 Å². The van der Waals surface area contributed by atoms with Crippen LogP contribution in [0.4, 0.5) is 0 Å². The molecule has 1 fully saturated rings. The van der Waals surface area contributed by atoms with Gasteiger partial charge in [-0.1, -0.05) is 0 Å². The quantitative estimate of drug-likeness (QED) is 0.568. The minimum atomic E-state index is -0.526. The number of hydrogen-bond donors (Lipinski definition) is 2. The number of ether oxygens (including phenoxy) is 1. The lowest BCUT2D eigenvalue weighted by atomic mass is 9.80. The van der Waals surface area contributed by atoms with Gasteiger partial charge in [-0.2, -0.15) is 0 Å². The van der Waals surface area contributed by atoms with Crippen LogP contribution >= 0.6 is 0 Å². The van der Waals surface area contributed by atoms with Crippen molar-refractivity contribution >= 4 is 5.97 Å². The molecule has 4 nitrogen and oxygen atoms in total. The maximum Gasteiger partial charge on any atom is 0.337 e. The SMILES string of the molecule is CC1CC2CC(O)CC(O)=C2C(=O)O1. The van der Waals surface area contributed by atoms with Crippen LogP contribution in [0.1, 0.15) is 26.2 Å². The number of carbonyl (C=O) groups excluding carboxylic acids is 1. The highest BCUT2D eigenvalue weighted by atomic mass is 16.5. The van der Waals surface area contributed by atoms with E-state index in [2.05, 4.69) is 0 Å². The van der Waals surface area contributed by atoms with Gasteiger partial charge in [0, 0.05) is 12.3 Å². The average molecular weight is 198 g/mol. The molecule has 3 atom stereocenters. The highest BCUT2D eigenvalue weighted by Gasteiger charge is 2.38. The highest BCUT2D eigenvalue weighted by Crippen LogP contribution is 2.36. The summed E-state index contributed by atoms with van der Waals surface area (Å²) in [6.45, 7) is 1.83. The van der Waals surface area contributed by atoms with Crippen molar-refractivity contribution in [1.29, 1.82) is 0 Å². The van der Waals surface area contributed by atoms with Crippen molar-refractivity contribution < 1.29 is 19.7 Å². The number of esters is 1. The summed E-state index contributed by atoms with van der Waals surface area (Å²) in [5, 5.41) is 19.0. The van der Waals surface area contributed by atoms with E-state index >= 15 is 0 Å². The van der Waals surface area contributed by atoms with Gasteiger partial charge >= 0.3 is 5.97 Å². The summed E-state index contributed by atoms with van der Waals surface area (Å²) in [7, 11) is 0. The molecule has 14 heavy (non-hydrogen) atoms. The number of aliphatic hydroxyl groups is 2. The van der Waals surface area contributed by atoms with Crippen LogP contribution in [0.15, 0.2) is 11.3 Å². The Hall–Kier alpha value is -1.03. The van der Waals surface area contributed by atoms with Crippen LogP contribution in [0.25, 0.3) is 0 Å². The number of cyclic esters (lactones) is 1. The van der Waals surface area contributed by atoms with Gasteiger partial charge in [0.2, 0.25) is 0 Å². The second-order valence-electron chi connectivity index (χ2n) is 4.10. The summed E-state index contributed by atoms with van der Waals surface area (Å²) in [6.07, 6.45) is 0.785. The fourth-order valence-electron chi connectivity index (χ4n) is 2.29. The van der Waals surface area contributed by atoms with Crippen LogP contribution in [0, 0.1) is 5.92 Å². The summed E-state index contributed by atoms with van der Waals surface area (Å²) in [5.41, 5.74) is 0.383. The zero-order chi connectivity index (χ0) is 10.3. The van der Waals surface area contributed by atoms with Gasteiger partial charge in [0.15, 0.2) is 0 Å². The summed E-state index contributed by atoms with van der Waals surface area (Å²) in [6, 6.07) is 0. The number of fused-ring (bicyclic) bond motifs is 1. The first-order valence-corrected chi connectivity index (χ1v) is 4.89. The van der Waals surface area contributed by atoms with E-state index in [4.69, 9.17) is 4.74 Å². The molecule has 0 aromatic heterocycles. The first kappa shape index (κ1) is 9.52. The van der Waals surface area contributed by atoms with Crippen molar-refractivity contribution in [2.45, 2.75) is 38.4 Å². The topological polar surface area (TPSA) is 66.8 Å². The molecular weight excluding hydrogens is 184 g/mol. The lowest BCUT2D eigenvalue weighted by Gasteiger charge is -2.34. The Kier molecular flexibility index (Phi) is 2.23. The monoisotopic (exact) mass is 198 g/mol. The van der Waals surface area contributed by atoms with Gasteiger partial charge in [0.05, 0.1) is 17.8 Å². The van der Waals surface area contributed by atoms with Crippen molar-refractivity contribution in [3.63, 3.8) is 0 Å². The lowest BCUT2D eigenvalue weighted by molar-refractivity contribution is -0.149. The Morgan fingerprint density at radius 1 is 1.43 bits per heavy atom. The van der Waals surface area contributed by atoms with Crippen LogP contribution in [-0.4, -0.2) is 28.4 Å². The fourth-order valence-corrected chi connectivity index (χ4v) is 2.29. The van der Waals surface area contributed by atoms with E-state index in [-0.39, 0.29) is 24.2 Å². The van der Waals surface area contributed by atoms with E-state index in [1.54, 1.807) is 0 Å². The van der Waals surface area contributed by atoms with E-state index in [0.29, 0.717) is 18.4 Å². The van der Waals surface area contributed by atoms with Crippen LogP contribution in [0.3, 0.4) is 0 Å². The Morgan fingerprint density at radius 3 is 2.86 bits per heavy atom. The van der Waals surface area contributed by atoms with Crippen LogP contribution in [0.2, 0.25) is 0 Å². The van der Waals surface area contributed by atoms with E-state index in [0.717, 1.165) is 0 Å². The molecule has 4 heteroatoms. The van der Waals surface area contributed by atoms with Crippen LogP contribution < -0.4 is 0 Å². The zero-order valence-electron chi connectivity index (χ0n) is 8.06. The molecule has 1 heterocycles. The molecule has 2 rings (SSSR count). The predicted octanol–water partition coefficient (Wildman–Crippen LogP) is 0.905. The minimum Gasteiger partial charge on any atom is -0.512 e. The fraction of sp³-hybridized carbons (Fsp3) is 0.700. The second kappa shape index (κ2) is 3.28. The molecule has 0 spiro atoms. The molecular formula is C10H14O4. The average Bonchev–Trinajstić information content (AvgIpc) is 1.99. The normalized spacial score (nSPS) is 37.9. The standard InChI is InChI=1S/C10H14O4/c1-5-2-6-3-7(11)4-8(12)9(6)10(13)14-5/h5-7,11-12H,2-4H2,1H3. The maximum absolute atomic E-state index is 11.4. The van der Waals surface area contributed by atoms with Gasteiger partial charge in [-0.25, -0.2) is 4.79 Å². The number of rotatable bonds is 0. The van der Waals surface area contributed by atoms with E-state index in [9.17, 15) is 15.0 Å². The summed E-state index contributed by atoms with van der Waals surface area (Å²) < 4.78 is 5.02. The summed E-state index contributed by atoms with van der Waals surface area (Å²) >= 11 is 0. The van der Waals surface area contributed by atoms with Crippen molar-refractivity contribution in [3.05, 3.63) is 11.3 Å². The maximum atomic E-state index is 11.4. The Morgan fingerprint density at radius 2 is 2.14 bits per heavy atom. The van der Waals surface area contributed by atoms with Gasteiger partial charge < -0.3 is 14.9 Å². The predicted molar refractivity (Wildman–Crippen MR) is 48.6 cm³/mol. The molecule has 78 valence electrons. The largest absolute Gasteiger partial charge is 0.512 e.